The first-order valence-electron chi connectivity index (χ1n) is 9.74. The molecule has 0 saturated carbocycles. The van der Waals surface area contributed by atoms with Gasteiger partial charge in [-0.15, -0.1) is 11.3 Å². The Morgan fingerprint density at radius 1 is 1.33 bits per heavy atom. The molecule has 0 spiro atoms. The zero-order valence-corrected chi connectivity index (χ0v) is 17.4. The fraction of sp³-hybridized carbons (Fsp3) is 0.400. The smallest absolute Gasteiger partial charge is 0.355 e. The Balaban J connectivity index is 1.43. The molecule has 3 aromatic rings. The summed E-state index contributed by atoms with van der Waals surface area (Å²) >= 11 is 1.21. The topological polar surface area (TPSA) is 110 Å². The summed E-state index contributed by atoms with van der Waals surface area (Å²) in [5.41, 5.74) is 1.73. The van der Waals surface area contributed by atoms with Crippen LogP contribution in [0, 0.1) is 6.92 Å². The minimum Gasteiger partial charge on any atom is -0.493 e. The number of rotatable bonds is 8. The minimum absolute atomic E-state index is 0.00445. The predicted octanol–water partition coefficient (Wildman–Crippen LogP) is 2.94. The van der Waals surface area contributed by atoms with E-state index >= 15 is 0 Å². The quantitative estimate of drug-likeness (QED) is 0.522. The fourth-order valence-corrected chi connectivity index (χ4v) is 3.96. The monoisotopic (exact) mass is 429 g/mol. The van der Waals surface area contributed by atoms with Gasteiger partial charge in [-0.3, -0.25) is 4.90 Å². The number of carboxylic acid groups (broad SMARTS) is 1. The highest BCUT2D eigenvalue weighted by Gasteiger charge is 2.13. The number of carbonyl (C=O) groups is 1. The van der Waals surface area contributed by atoms with Crippen LogP contribution in [0.5, 0.6) is 5.75 Å². The Morgan fingerprint density at radius 3 is 2.93 bits per heavy atom. The molecule has 1 aromatic carbocycles. The summed E-state index contributed by atoms with van der Waals surface area (Å²) in [7, 11) is 0. The van der Waals surface area contributed by atoms with Crippen LogP contribution in [0.1, 0.15) is 22.5 Å². The summed E-state index contributed by atoms with van der Waals surface area (Å²) in [4.78, 5) is 26.1. The average Bonchev–Trinajstić information content (AvgIpc) is 3.22. The number of hydrogen-bond acceptors (Lipinski definition) is 9. The maximum absolute atomic E-state index is 11.0. The van der Waals surface area contributed by atoms with E-state index in [0.717, 1.165) is 61.5 Å². The number of nitrogens with one attached hydrogen (secondary N) is 1. The van der Waals surface area contributed by atoms with E-state index in [1.54, 1.807) is 0 Å². The Morgan fingerprint density at radius 2 is 2.17 bits per heavy atom. The highest BCUT2D eigenvalue weighted by Crippen LogP contribution is 2.30. The van der Waals surface area contributed by atoms with Crippen molar-refractivity contribution in [3.05, 3.63) is 35.1 Å². The van der Waals surface area contributed by atoms with Gasteiger partial charge in [-0.1, -0.05) is 0 Å². The average molecular weight is 430 g/mol. The zero-order chi connectivity index (χ0) is 20.9. The number of aromatic nitrogens is 3. The van der Waals surface area contributed by atoms with E-state index in [1.807, 2.05) is 19.1 Å². The summed E-state index contributed by atoms with van der Waals surface area (Å²) in [5.74, 6) is 0.322. The van der Waals surface area contributed by atoms with Crippen LogP contribution in [-0.4, -0.2) is 70.4 Å². The van der Waals surface area contributed by atoms with E-state index in [-0.39, 0.29) is 5.69 Å². The van der Waals surface area contributed by atoms with Crippen LogP contribution in [0.2, 0.25) is 0 Å². The van der Waals surface area contributed by atoms with Gasteiger partial charge in [0.2, 0.25) is 0 Å². The van der Waals surface area contributed by atoms with Crippen molar-refractivity contribution in [1.29, 1.82) is 0 Å². The lowest BCUT2D eigenvalue weighted by molar-refractivity contribution is 0.0358. The molecular formula is C20H23N5O4S. The molecule has 2 aromatic heterocycles. The summed E-state index contributed by atoms with van der Waals surface area (Å²) in [5, 5.41) is 14.9. The molecule has 158 valence electrons. The number of ether oxygens (including phenoxy) is 2. The highest BCUT2D eigenvalue weighted by molar-refractivity contribution is 7.14. The van der Waals surface area contributed by atoms with Crippen molar-refractivity contribution >= 4 is 39.2 Å². The van der Waals surface area contributed by atoms with E-state index in [2.05, 4.69) is 25.2 Å². The number of thiazole rings is 1. The highest BCUT2D eigenvalue weighted by atomic mass is 32.1. The van der Waals surface area contributed by atoms with Crippen molar-refractivity contribution in [2.24, 2.45) is 0 Å². The third kappa shape index (κ3) is 4.84. The van der Waals surface area contributed by atoms with Crippen LogP contribution in [0.15, 0.2) is 23.8 Å². The largest absolute Gasteiger partial charge is 0.493 e. The first kappa shape index (κ1) is 20.5. The second-order valence-electron chi connectivity index (χ2n) is 6.98. The van der Waals surface area contributed by atoms with Crippen molar-refractivity contribution in [2.75, 3.05) is 44.8 Å². The van der Waals surface area contributed by atoms with E-state index in [9.17, 15) is 4.79 Å². The second kappa shape index (κ2) is 9.33. The molecule has 2 N–H and O–H groups in total. The van der Waals surface area contributed by atoms with Gasteiger partial charge in [0.15, 0.2) is 10.8 Å². The molecule has 10 heteroatoms. The van der Waals surface area contributed by atoms with Crippen molar-refractivity contribution in [3.8, 4) is 5.75 Å². The van der Waals surface area contributed by atoms with Crippen molar-refractivity contribution in [1.82, 2.24) is 19.9 Å². The molecule has 9 nitrogen and oxygen atoms in total. The Bertz CT molecular complexity index is 1040. The van der Waals surface area contributed by atoms with Gasteiger partial charge in [0, 0.05) is 36.5 Å². The molecule has 1 aliphatic heterocycles. The van der Waals surface area contributed by atoms with E-state index in [4.69, 9.17) is 14.6 Å². The first-order valence-corrected chi connectivity index (χ1v) is 10.6. The van der Waals surface area contributed by atoms with Gasteiger partial charge in [-0.05, 0) is 25.0 Å². The summed E-state index contributed by atoms with van der Waals surface area (Å²) in [6, 6.07) is 3.89. The summed E-state index contributed by atoms with van der Waals surface area (Å²) in [6.07, 6.45) is 2.41. The lowest BCUT2D eigenvalue weighted by Gasteiger charge is -2.26. The van der Waals surface area contributed by atoms with Crippen LogP contribution in [0.4, 0.5) is 10.9 Å². The standard InChI is InChI=1S/C20H23N5O4S/c1-13-9-14-15(10-17(13)29-6-2-3-25-4-7-28-8-5-25)21-12-22-18(14)24-20-23-16(11-30-20)19(26)27/h9-12H,2-8H2,1H3,(H,26,27)(H,21,22,23,24). The number of aryl methyl sites for hydroxylation is 1. The Hall–Kier alpha value is -2.82. The van der Waals surface area contributed by atoms with Gasteiger partial charge in [-0.2, -0.15) is 0 Å². The van der Waals surface area contributed by atoms with E-state index < -0.39 is 5.97 Å². The minimum atomic E-state index is -1.06. The van der Waals surface area contributed by atoms with Crippen LogP contribution in [0.3, 0.4) is 0 Å². The van der Waals surface area contributed by atoms with Crippen molar-refractivity contribution < 1.29 is 19.4 Å². The maximum atomic E-state index is 11.0. The Labute approximate surface area is 177 Å². The molecule has 1 fully saturated rings. The maximum Gasteiger partial charge on any atom is 0.355 e. The van der Waals surface area contributed by atoms with E-state index in [0.29, 0.717) is 17.6 Å². The molecule has 0 bridgehead atoms. The molecule has 3 heterocycles. The third-order valence-corrected chi connectivity index (χ3v) is 5.62. The molecule has 0 amide bonds. The molecule has 0 unspecified atom stereocenters. The third-order valence-electron chi connectivity index (χ3n) is 4.86. The number of carboxylic acids is 1. The predicted molar refractivity (Wildman–Crippen MR) is 114 cm³/mol. The fourth-order valence-electron chi connectivity index (χ4n) is 3.27. The molecule has 0 atom stereocenters. The van der Waals surface area contributed by atoms with Crippen LogP contribution in [0.25, 0.3) is 10.9 Å². The normalized spacial score (nSPS) is 14.7. The lowest BCUT2D eigenvalue weighted by atomic mass is 10.1. The molecule has 0 radical (unpaired) electrons. The van der Waals surface area contributed by atoms with Gasteiger partial charge in [-0.25, -0.2) is 19.7 Å². The lowest BCUT2D eigenvalue weighted by Crippen LogP contribution is -2.37. The van der Waals surface area contributed by atoms with Crippen molar-refractivity contribution in [3.63, 3.8) is 0 Å². The van der Waals surface area contributed by atoms with E-state index in [1.165, 1.54) is 23.0 Å². The molecule has 4 rings (SSSR count). The van der Waals surface area contributed by atoms with Gasteiger partial charge >= 0.3 is 5.97 Å². The molecule has 1 saturated heterocycles. The Kier molecular flexibility index (Phi) is 6.36. The molecule has 1 aliphatic rings. The molecule has 30 heavy (non-hydrogen) atoms. The van der Waals surface area contributed by atoms with Gasteiger partial charge < -0.3 is 19.9 Å². The number of morpholine rings is 1. The number of anilines is 2. The zero-order valence-electron chi connectivity index (χ0n) is 16.6. The molecule has 0 aliphatic carbocycles. The number of benzene rings is 1. The second-order valence-corrected chi connectivity index (χ2v) is 7.84. The number of aromatic carboxylic acids is 1. The van der Waals surface area contributed by atoms with Gasteiger partial charge in [0.05, 0.1) is 25.3 Å². The number of fused-ring (bicyclic) bond motifs is 1. The van der Waals surface area contributed by atoms with Crippen LogP contribution < -0.4 is 10.1 Å². The SMILES string of the molecule is Cc1cc2c(Nc3nc(C(=O)O)cs3)ncnc2cc1OCCCN1CCOCC1. The molecular weight excluding hydrogens is 406 g/mol. The van der Waals surface area contributed by atoms with Crippen molar-refractivity contribution in [2.45, 2.75) is 13.3 Å². The first-order chi connectivity index (χ1) is 14.6. The van der Waals surface area contributed by atoms with Crippen LogP contribution in [-0.2, 0) is 4.74 Å². The van der Waals surface area contributed by atoms with Crippen LogP contribution >= 0.6 is 11.3 Å². The summed E-state index contributed by atoms with van der Waals surface area (Å²) < 4.78 is 11.4. The number of hydrogen-bond donors (Lipinski definition) is 2. The number of nitrogens with zero attached hydrogens (tertiary/aromatic N) is 4. The van der Waals surface area contributed by atoms with Gasteiger partial charge in [0.25, 0.3) is 0 Å². The summed E-state index contributed by atoms with van der Waals surface area (Å²) in [6.45, 7) is 7.19. The van der Waals surface area contributed by atoms with Gasteiger partial charge in [0.1, 0.15) is 17.9 Å².